The van der Waals surface area contributed by atoms with E-state index in [4.69, 9.17) is 4.74 Å². The van der Waals surface area contributed by atoms with Gasteiger partial charge in [-0.05, 0) is 70.2 Å². The molecule has 0 aliphatic carbocycles. The second-order valence-corrected chi connectivity index (χ2v) is 9.67. The van der Waals surface area contributed by atoms with E-state index in [1.807, 2.05) is 64.2 Å². The van der Waals surface area contributed by atoms with Crippen molar-refractivity contribution in [2.24, 2.45) is 0 Å². The maximum absolute atomic E-state index is 13.1. The molecule has 8 nitrogen and oxygen atoms in total. The molecule has 0 radical (unpaired) electrons. The number of anilines is 2. The van der Waals surface area contributed by atoms with Crippen LogP contribution in [0.15, 0.2) is 85.3 Å². The molecule has 4 rings (SSSR count). The maximum atomic E-state index is 13.1. The Balaban J connectivity index is 1.51. The van der Waals surface area contributed by atoms with Crippen LogP contribution in [0.5, 0.6) is 0 Å². The van der Waals surface area contributed by atoms with Crippen molar-refractivity contribution in [1.82, 2.24) is 14.8 Å². The van der Waals surface area contributed by atoms with E-state index in [9.17, 15) is 9.59 Å². The van der Waals surface area contributed by atoms with Gasteiger partial charge in [0.2, 0.25) is 0 Å². The van der Waals surface area contributed by atoms with E-state index in [1.165, 1.54) is 0 Å². The summed E-state index contributed by atoms with van der Waals surface area (Å²) in [5, 5.41) is 7.15. The lowest BCUT2D eigenvalue weighted by Gasteiger charge is -2.27. The number of aryl methyl sites for hydroxylation is 1. The lowest BCUT2D eigenvalue weighted by Crippen LogP contribution is -2.38. The number of carbonyl (C=O) groups excluding carboxylic acids is 2. The molecule has 0 saturated carbocycles. The number of nitrogens with zero attached hydrogens (tertiary/aromatic N) is 4. The van der Waals surface area contributed by atoms with Crippen molar-refractivity contribution in [1.29, 1.82) is 0 Å². The van der Waals surface area contributed by atoms with Gasteiger partial charge in [0.25, 0.3) is 5.91 Å². The summed E-state index contributed by atoms with van der Waals surface area (Å²) in [5.41, 5.74) is 3.72. The largest absolute Gasteiger partial charge is 0.443 e. The Morgan fingerprint density at radius 1 is 0.973 bits per heavy atom. The SMILES string of the molecule is Cc1ccc(-c2ncccc2C(=O)Nc2ccc(N(CCn3cccn3)C(=O)OC(C)(C)C)cc2)cc1. The van der Waals surface area contributed by atoms with E-state index < -0.39 is 11.7 Å². The molecule has 0 aliphatic heterocycles. The van der Waals surface area contributed by atoms with Gasteiger partial charge in [-0.25, -0.2) is 4.79 Å². The number of benzene rings is 2. The number of hydrogen-bond acceptors (Lipinski definition) is 5. The van der Waals surface area contributed by atoms with Crippen LogP contribution in [0.1, 0.15) is 36.7 Å². The van der Waals surface area contributed by atoms with Gasteiger partial charge in [-0.3, -0.25) is 19.4 Å². The molecular weight excluding hydrogens is 466 g/mol. The number of hydrogen-bond donors (Lipinski definition) is 1. The Hall–Kier alpha value is -4.46. The highest BCUT2D eigenvalue weighted by atomic mass is 16.6. The maximum Gasteiger partial charge on any atom is 0.414 e. The van der Waals surface area contributed by atoms with Crippen LogP contribution in [0.3, 0.4) is 0 Å². The van der Waals surface area contributed by atoms with Gasteiger partial charge < -0.3 is 10.1 Å². The molecule has 0 atom stereocenters. The zero-order chi connectivity index (χ0) is 26.4. The number of pyridine rings is 1. The van der Waals surface area contributed by atoms with Gasteiger partial charge in [0.05, 0.1) is 17.8 Å². The fourth-order valence-electron chi connectivity index (χ4n) is 3.73. The number of rotatable bonds is 7. The fraction of sp³-hybridized carbons (Fsp3) is 0.241. The zero-order valence-electron chi connectivity index (χ0n) is 21.5. The molecule has 2 aromatic carbocycles. The summed E-state index contributed by atoms with van der Waals surface area (Å²) in [5.74, 6) is -0.265. The van der Waals surface area contributed by atoms with Gasteiger partial charge in [0.1, 0.15) is 5.60 Å². The number of nitrogens with one attached hydrogen (secondary N) is 1. The summed E-state index contributed by atoms with van der Waals surface area (Å²) in [6.07, 6.45) is 4.77. The molecule has 4 aromatic rings. The Labute approximate surface area is 216 Å². The first-order valence-corrected chi connectivity index (χ1v) is 12.1. The monoisotopic (exact) mass is 497 g/mol. The first-order chi connectivity index (χ1) is 17.7. The minimum absolute atomic E-state index is 0.265. The van der Waals surface area contributed by atoms with Gasteiger partial charge in [-0.1, -0.05) is 29.8 Å². The number of amides is 2. The molecule has 2 amide bonds. The normalized spacial score (nSPS) is 11.1. The van der Waals surface area contributed by atoms with Gasteiger partial charge >= 0.3 is 6.09 Å². The quantitative estimate of drug-likeness (QED) is 0.341. The highest BCUT2D eigenvalue weighted by molar-refractivity contribution is 6.08. The molecule has 0 fully saturated rings. The van der Waals surface area contributed by atoms with Crippen molar-refractivity contribution >= 4 is 23.4 Å². The molecule has 0 bridgehead atoms. The van der Waals surface area contributed by atoms with Crippen LogP contribution in [0, 0.1) is 6.92 Å². The van der Waals surface area contributed by atoms with Gasteiger partial charge in [0, 0.05) is 42.1 Å². The van der Waals surface area contributed by atoms with Gasteiger partial charge in [-0.15, -0.1) is 0 Å². The van der Waals surface area contributed by atoms with Crippen molar-refractivity contribution in [3.05, 3.63) is 96.4 Å². The minimum atomic E-state index is -0.631. The smallest absolute Gasteiger partial charge is 0.414 e. The molecule has 0 saturated heterocycles. The third kappa shape index (κ3) is 6.82. The lowest BCUT2D eigenvalue weighted by atomic mass is 10.0. The Morgan fingerprint density at radius 2 is 1.70 bits per heavy atom. The highest BCUT2D eigenvalue weighted by Gasteiger charge is 2.23. The Bertz CT molecular complexity index is 1340. The van der Waals surface area contributed by atoms with Gasteiger partial charge in [-0.2, -0.15) is 5.10 Å². The molecule has 190 valence electrons. The van der Waals surface area contributed by atoms with Crippen LogP contribution < -0.4 is 10.2 Å². The van der Waals surface area contributed by atoms with E-state index in [0.717, 1.165) is 11.1 Å². The highest BCUT2D eigenvalue weighted by Crippen LogP contribution is 2.24. The number of aromatic nitrogens is 3. The molecule has 8 heteroatoms. The zero-order valence-corrected chi connectivity index (χ0v) is 21.5. The average molecular weight is 498 g/mol. The van der Waals surface area contributed by atoms with E-state index in [-0.39, 0.29) is 5.91 Å². The van der Waals surface area contributed by atoms with E-state index in [0.29, 0.717) is 35.7 Å². The summed E-state index contributed by atoms with van der Waals surface area (Å²) in [7, 11) is 0. The Kier molecular flexibility index (Phi) is 7.67. The minimum Gasteiger partial charge on any atom is -0.443 e. The summed E-state index contributed by atoms with van der Waals surface area (Å²) in [6, 6.07) is 20.3. The van der Waals surface area contributed by atoms with Crippen LogP contribution in [-0.2, 0) is 11.3 Å². The predicted molar refractivity (Wildman–Crippen MR) is 145 cm³/mol. The number of ether oxygens (including phenoxy) is 1. The summed E-state index contributed by atoms with van der Waals surface area (Å²) in [4.78, 5) is 32.1. The topological polar surface area (TPSA) is 89.4 Å². The first kappa shape index (κ1) is 25.6. The van der Waals surface area contributed by atoms with Crippen LogP contribution in [-0.4, -0.2) is 38.9 Å². The molecule has 37 heavy (non-hydrogen) atoms. The molecule has 0 unspecified atom stereocenters. The fourth-order valence-corrected chi connectivity index (χ4v) is 3.73. The third-order valence-electron chi connectivity index (χ3n) is 5.54. The van der Waals surface area contributed by atoms with Crippen molar-refractivity contribution in [2.75, 3.05) is 16.8 Å². The van der Waals surface area contributed by atoms with E-state index in [2.05, 4.69) is 15.4 Å². The molecule has 2 heterocycles. The van der Waals surface area contributed by atoms with E-state index >= 15 is 0 Å². The van der Waals surface area contributed by atoms with Crippen molar-refractivity contribution < 1.29 is 14.3 Å². The second-order valence-electron chi connectivity index (χ2n) is 9.67. The van der Waals surface area contributed by atoms with E-state index in [1.54, 1.807) is 58.4 Å². The summed E-state index contributed by atoms with van der Waals surface area (Å²) in [6.45, 7) is 8.39. The first-order valence-electron chi connectivity index (χ1n) is 12.1. The third-order valence-corrected chi connectivity index (χ3v) is 5.54. The van der Waals surface area contributed by atoms with Gasteiger partial charge in [0.15, 0.2) is 0 Å². The summed E-state index contributed by atoms with van der Waals surface area (Å²) < 4.78 is 7.38. The molecule has 1 N–H and O–H groups in total. The van der Waals surface area contributed by atoms with Crippen LogP contribution in [0.2, 0.25) is 0 Å². The summed E-state index contributed by atoms with van der Waals surface area (Å²) >= 11 is 0. The van der Waals surface area contributed by atoms with Crippen LogP contribution in [0.25, 0.3) is 11.3 Å². The standard InChI is InChI=1S/C29H31N5O3/c1-21-8-10-22(11-9-21)26-25(7-5-16-30-26)27(35)32-23-12-14-24(15-13-23)34(28(36)37-29(2,3)4)20-19-33-18-6-17-31-33/h5-18H,19-20H2,1-4H3,(H,32,35). The van der Waals surface area contributed by atoms with Crippen molar-refractivity contribution in [2.45, 2.75) is 39.8 Å². The Morgan fingerprint density at radius 3 is 2.35 bits per heavy atom. The molecular formula is C29H31N5O3. The predicted octanol–water partition coefficient (Wildman–Crippen LogP) is 5.95. The molecule has 0 aliphatic rings. The molecule has 0 spiro atoms. The lowest BCUT2D eigenvalue weighted by molar-refractivity contribution is 0.0578. The second kappa shape index (κ2) is 11.1. The van der Waals surface area contributed by atoms with Crippen molar-refractivity contribution in [3.8, 4) is 11.3 Å². The van der Waals surface area contributed by atoms with Crippen LogP contribution >= 0.6 is 0 Å². The molecule has 2 aromatic heterocycles. The van der Waals surface area contributed by atoms with Crippen LogP contribution in [0.4, 0.5) is 16.2 Å². The average Bonchev–Trinajstić information content (AvgIpc) is 3.38. The number of carbonyl (C=O) groups is 2. The van der Waals surface area contributed by atoms with Crippen molar-refractivity contribution in [3.63, 3.8) is 0 Å².